The van der Waals surface area contributed by atoms with E-state index in [4.69, 9.17) is 16.3 Å². The molecule has 30 heavy (non-hydrogen) atoms. The van der Waals surface area contributed by atoms with Crippen LogP contribution in [0.25, 0.3) is 11.0 Å². The second kappa shape index (κ2) is 8.47. The van der Waals surface area contributed by atoms with E-state index in [9.17, 15) is 9.59 Å². The van der Waals surface area contributed by atoms with Crippen LogP contribution in [0.15, 0.2) is 72.8 Å². The molecule has 0 spiro atoms. The van der Waals surface area contributed by atoms with E-state index in [0.717, 1.165) is 11.1 Å². The summed E-state index contributed by atoms with van der Waals surface area (Å²) in [6, 6.07) is 21.0. The Morgan fingerprint density at radius 1 is 1.00 bits per heavy atom. The number of benzene rings is 3. The number of hydrogen-bond acceptors (Lipinski definition) is 5. The Morgan fingerprint density at radius 3 is 2.47 bits per heavy atom. The molecule has 4 aromatic rings. The van der Waals surface area contributed by atoms with Gasteiger partial charge >= 0.3 is 5.97 Å². The van der Waals surface area contributed by atoms with E-state index in [-0.39, 0.29) is 22.9 Å². The molecule has 1 heterocycles. The predicted molar refractivity (Wildman–Crippen MR) is 114 cm³/mol. The lowest BCUT2D eigenvalue weighted by Crippen LogP contribution is -2.32. The number of Topliss-reactive ketones (excluding diaryl/α,β-unsaturated/α-hetero) is 1. The summed E-state index contributed by atoms with van der Waals surface area (Å²) in [4.78, 5) is 26.0. The second-order valence-corrected chi connectivity index (χ2v) is 7.27. The van der Waals surface area contributed by atoms with Gasteiger partial charge in [-0.2, -0.15) is 0 Å². The summed E-state index contributed by atoms with van der Waals surface area (Å²) >= 11 is 6.12. The molecule has 0 saturated carbocycles. The number of hydrogen-bond donors (Lipinski definition) is 0. The molecule has 0 aliphatic rings. The molecule has 0 bridgehead atoms. The van der Waals surface area contributed by atoms with Crippen LogP contribution in [-0.4, -0.2) is 32.9 Å². The van der Waals surface area contributed by atoms with Crippen LogP contribution in [0.4, 0.5) is 0 Å². The van der Waals surface area contributed by atoms with Crippen LogP contribution in [0, 0.1) is 6.92 Å². The number of carbonyl (C=O) groups is 2. The summed E-state index contributed by atoms with van der Waals surface area (Å²) in [5.74, 6) is -0.995. The molecule has 4 rings (SSSR count). The average molecular weight is 420 g/mol. The fourth-order valence-electron chi connectivity index (χ4n) is 3.11. The van der Waals surface area contributed by atoms with Gasteiger partial charge < -0.3 is 4.74 Å². The van der Waals surface area contributed by atoms with Crippen molar-refractivity contribution < 1.29 is 14.3 Å². The van der Waals surface area contributed by atoms with E-state index in [1.807, 2.05) is 43.3 Å². The van der Waals surface area contributed by atoms with E-state index in [2.05, 4.69) is 10.3 Å². The molecule has 0 amide bonds. The third-order valence-corrected chi connectivity index (χ3v) is 5.06. The van der Waals surface area contributed by atoms with Crippen molar-refractivity contribution in [2.75, 3.05) is 0 Å². The molecule has 6 nitrogen and oxygen atoms in total. The van der Waals surface area contributed by atoms with Crippen molar-refractivity contribution in [3.8, 4) is 0 Å². The maximum Gasteiger partial charge on any atom is 0.340 e. The first-order chi connectivity index (χ1) is 14.5. The van der Waals surface area contributed by atoms with Crippen molar-refractivity contribution in [1.29, 1.82) is 0 Å². The highest BCUT2D eigenvalue weighted by Gasteiger charge is 2.27. The van der Waals surface area contributed by atoms with Crippen molar-refractivity contribution in [1.82, 2.24) is 15.0 Å². The van der Waals surface area contributed by atoms with E-state index < -0.39 is 12.1 Å². The molecule has 0 aliphatic heterocycles. The molecule has 0 radical (unpaired) electrons. The summed E-state index contributed by atoms with van der Waals surface area (Å²) in [6.45, 7) is 1.97. The standard InChI is InChI=1S/C23H18ClN3O3/c1-15-10-12-16(13-11-15)22(28)21(30-23(29)17-6-2-3-7-18(17)24)14-27-20-9-5-4-8-19(20)25-26-27/h2-13,21H,14H2,1H3. The number of ketones is 1. The number of carbonyl (C=O) groups excluding carboxylic acids is 2. The second-order valence-electron chi connectivity index (χ2n) is 6.86. The third kappa shape index (κ3) is 4.09. The summed E-state index contributed by atoms with van der Waals surface area (Å²) in [6.07, 6.45) is -1.10. The number of aromatic nitrogens is 3. The van der Waals surface area contributed by atoms with Crippen molar-refractivity contribution in [3.63, 3.8) is 0 Å². The quantitative estimate of drug-likeness (QED) is 0.340. The largest absolute Gasteiger partial charge is 0.448 e. The summed E-state index contributed by atoms with van der Waals surface area (Å²) in [5, 5.41) is 8.49. The van der Waals surface area contributed by atoms with Crippen LogP contribution >= 0.6 is 11.6 Å². The van der Waals surface area contributed by atoms with Gasteiger partial charge in [-0.1, -0.05) is 70.9 Å². The smallest absolute Gasteiger partial charge is 0.340 e. The summed E-state index contributed by atoms with van der Waals surface area (Å²) < 4.78 is 7.19. The number of rotatable bonds is 6. The lowest BCUT2D eigenvalue weighted by Gasteiger charge is -2.18. The van der Waals surface area contributed by atoms with Crippen LogP contribution in [0.1, 0.15) is 26.3 Å². The lowest BCUT2D eigenvalue weighted by molar-refractivity contribution is 0.0245. The van der Waals surface area contributed by atoms with Gasteiger partial charge in [-0.15, -0.1) is 5.10 Å². The van der Waals surface area contributed by atoms with E-state index in [0.29, 0.717) is 11.1 Å². The van der Waals surface area contributed by atoms with Gasteiger partial charge in [0.15, 0.2) is 6.10 Å². The number of esters is 1. The van der Waals surface area contributed by atoms with Crippen LogP contribution < -0.4 is 0 Å². The number of halogens is 1. The molecule has 150 valence electrons. The number of ether oxygens (including phenoxy) is 1. The Bertz CT molecular complexity index is 1220. The molecular weight excluding hydrogens is 402 g/mol. The van der Waals surface area contributed by atoms with Crippen molar-refractivity contribution in [2.45, 2.75) is 19.6 Å². The SMILES string of the molecule is Cc1ccc(C(=O)C(Cn2nnc3ccccc32)OC(=O)c2ccccc2Cl)cc1. The van der Waals surface area contributed by atoms with Crippen molar-refractivity contribution in [2.24, 2.45) is 0 Å². The Hall–Kier alpha value is -3.51. The highest BCUT2D eigenvalue weighted by atomic mass is 35.5. The third-order valence-electron chi connectivity index (χ3n) is 4.73. The maximum absolute atomic E-state index is 13.2. The molecule has 3 aromatic carbocycles. The molecule has 0 N–H and O–H groups in total. The monoisotopic (exact) mass is 419 g/mol. The van der Waals surface area contributed by atoms with Gasteiger partial charge in [0.25, 0.3) is 0 Å². The Kier molecular flexibility index (Phi) is 5.59. The molecule has 0 fully saturated rings. The highest BCUT2D eigenvalue weighted by Crippen LogP contribution is 2.19. The van der Waals surface area contributed by atoms with E-state index >= 15 is 0 Å². The fraction of sp³-hybridized carbons (Fsp3) is 0.130. The number of fused-ring (bicyclic) bond motifs is 1. The zero-order chi connectivity index (χ0) is 21.1. The normalized spacial score (nSPS) is 11.9. The zero-order valence-electron chi connectivity index (χ0n) is 16.2. The summed E-state index contributed by atoms with van der Waals surface area (Å²) in [5.41, 5.74) is 3.11. The van der Waals surface area contributed by atoms with Crippen molar-refractivity contribution in [3.05, 3.63) is 94.5 Å². The molecule has 0 saturated heterocycles. The number of nitrogens with zero attached hydrogens (tertiary/aromatic N) is 3. The minimum Gasteiger partial charge on any atom is -0.448 e. The fourth-order valence-corrected chi connectivity index (χ4v) is 3.32. The summed E-state index contributed by atoms with van der Waals surface area (Å²) in [7, 11) is 0. The molecule has 0 aliphatic carbocycles. The van der Waals surface area contributed by atoms with Crippen LogP contribution in [-0.2, 0) is 11.3 Å². The number of para-hydroxylation sites is 1. The van der Waals surface area contributed by atoms with Gasteiger partial charge in [0, 0.05) is 5.56 Å². The Labute approximate surface area is 178 Å². The van der Waals surface area contributed by atoms with Gasteiger partial charge in [0.2, 0.25) is 5.78 Å². The van der Waals surface area contributed by atoms with Gasteiger partial charge in [0.1, 0.15) is 5.52 Å². The minimum atomic E-state index is -1.10. The van der Waals surface area contributed by atoms with Gasteiger partial charge in [-0.3, -0.25) is 4.79 Å². The molecule has 7 heteroatoms. The minimum absolute atomic E-state index is 0.0312. The first-order valence-electron chi connectivity index (χ1n) is 9.37. The van der Waals surface area contributed by atoms with E-state index in [1.165, 1.54) is 0 Å². The highest BCUT2D eigenvalue weighted by molar-refractivity contribution is 6.33. The topological polar surface area (TPSA) is 74.1 Å². The maximum atomic E-state index is 13.2. The Balaban J connectivity index is 1.67. The first kappa shape index (κ1) is 19.8. The molecule has 1 atom stereocenters. The van der Waals surface area contributed by atoms with Crippen LogP contribution in [0.3, 0.4) is 0 Å². The van der Waals surface area contributed by atoms with Gasteiger partial charge in [-0.25, -0.2) is 9.48 Å². The van der Waals surface area contributed by atoms with Crippen molar-refractivity contribution >= 4 is 34.4 Å². The average Bonchev–Trinajstić information content (AvgIpc) is 3.16. The Morgan fingerprint density at radius 2 is 1.70 bits per heavy atom. The first-order valence-corrected chi connectivity index (χ1v) is 9.75. The van der Waals surface area contributed by atoms with Crippen LogP contribution in [0.5, 0.6) is 0 Å². The molecule has 1 unspecified atom stereocenters. The van der Waals surface area contributed by atoms with Gasteiger partial charge in [0.05, 0.1) is 22.6 Å². The van der Waals surface area contributed by atoms with Gasteiger partial charge in [-0.05, 0) is 31.2 Å². The zero-order valence-corrected chi connectivity index (χ0v) is 16.9. The molecule has 1 aromatic heterocycles. The van der Waals surface area contributed by atoms with E-state index in [1.54, 1.807) is 41.1 Å². The number of aryl methyl sites for hydroxylation is 1. The molecular formula is C23H18ClN3O3. The van der Waals surface area contributed by atoms with Crippen LogP contribution in [0.2, 0.25) is 5.02 Å². The predicted octanol–water partition coefficient (Wildman–Crippen LogP) is 4.50. The lowest BCUT2D eigenvalue weighted by atomic mass is 10.0.